The van der Waals surface area contributed by atoms with Crippen LogP contribution in [0.15, 0.2) is 0 Å². The Balaban J connectivity index is 1.71. The monoisotopic (exact) mass is 365 g/mol. The average Bonchev–Trinajstić information content (AvgIpc) is 3.10. The molecular formula is C18H28FN5O2. The molecule has 26 heavy (non-hydrogen) atoms. The molecule has 2 amide bonds. The van der Waals surface area contributed by atoms with Gasteiger partial charge in [0.25, 0.3) is 5.91 Å². The third-order valence-electron chi connectivity index (χ3n) is 5.36. The predicted molar refractivity (Wildman–Crippen MR) is 94.4 cm³/mol. The Labute approximate surface area is 153 Å². The fraction of sp³-hybridized carbons (Fsp3) is 0.778. The van der Waals surface area contributed by atoms with Gasteiger partial charge in [0.15, 0.2) is 0 Å². The number of rotatable bonds is 3. The van der Waals surface area contributed by atoms with Crippen molar-refractivity contribution >= 4 is 11.8 Å². The third kappa shape index (κ3) is 3.88. The SMILES string of the molecule is CC(C)(C)NC(=O)c1nnc2n1CCC1(CC2)CCN(C(=O)CCF)C1. The van der Waals surface area contributed by atoms with Crippen LogP contribution >= 0.6 is 0 Å². The largest absolute Gasteiger partial charge is 0.345 e. The highest BCUT2D eigenvalue weighted by Gasteiger charge is 2.41. The van der Waals surface area contributed by atoms with Crippen molar-refractivity contribution < 1.29 is 14.0 Å². The number of likely N-dealkylation sites (tertiary alicyclic amines) is 1. The number of aryl methyl sites for hydroxylation is 1. The fourth-order valence-electron chi connectivity index (χ4n) is 3.97. The van der Waals surface area contributed by atoms with Gasteiger partial charge >= 0.3 is 0 Å². The molecule has 1 N–H and O–H groups in total. The first kappa shape index (κ1) is 18.8. The Kier molecular flexibility index (Phi) is 5.03. The van der Waals surface area contributed by atoms with Gasteiger partial charge in [-0.1, -0.05) is 0 Å². The summed E-state index contributed by atoms with van der Waals surface area (Å²) >= 11 is 0. The molecule has 2 aliphatic rings. The van der Waals surface area contributed by atoms with E-state index in [9.17, 15) is 14.0 Å². The van der Waals surface area contributed by atoms with E-state index in [1.54, 1.807) is 4.90 Å². The molecule has 2 aliphatic heterocycles. The molecule has 0 aliphatic carbocycles. The van der Waals surface area contributed by atoms with Crippen molar-refractivity contribution in [3.8, 4) is 0 Å². The standard InChI is InChI=1S/C18H28FN5O2/c1-17(2,3)20-16(26)15-22-21-13-4-6-18(8-11-24(13)15)7-10-23(12-18)14(25)5-9-19/h4-12H2,1-3H3,(H,20,26). The van der Waals surface area contributed by atoms with Crippen LogP contribution < -0.4 is 5.32 Å². The summed E-state index contributed by atoms with van der Waals surface area (Å²) < 4.78 is 14.4. The first-order chi connectivity index (χ1) is 12.2. The molecule has 0 saturated carbocycles. The van der Waals surface area contributed by atoms with Crippen molar-refractivity contribution in [1.82, 2.24) is 25.0 Å². The number of carbonyl (C=O) groups excluding carboxylic acids is 2. The number of hydrogen-bond donors (Lipinski definition) is 1. The summed E-state index contributed by atoms with van der Waals surface area (Å²) in [4.78, 5) is 26.3. The van der Waals surface area contributed by atoms with Gasteiger partial charge in [-0.2, -0.15) is 0 Å². The lowest BCUT2D eigenvalue weighted by Gasteiger charge is -2.27. The summed E-state index contributed by atoms with van der Waals surface area (Å²) in [6.45, 7) is 7.23. The van der Waals surface area contributed by atoms with Crippen LogP contribution in [0.1, 0.15) is 62.9 Å². The van der Waals surface area contributed by atoms with E-state index in [1.807, 2.05) is 25.3 Å². The number of halogens is 1. The van der Waals surface area contributed by atoms with Crippen molar-refractivity contribution in [3.05, 3.63) is 11.6 Å². The predicted octanol–water partition coefficient (Wildman–Crippen LogP) is 1.72. The molecule has 1 aromatic heterocycles. The van der Waals surface area contributed by atoms with Crippen LogP contribution in [-0.2, 0) is 17.8 Å². The molecule has 1 fully saturated rings. The minimum Gasteiger partial charge on any atom is -0.345 e. The topological polar surface area (TPSA) is 80.1 Å². The molecule has 8 heteroatoms. The second-order valence-corrected chi connectivity index (χ2v) is 8.55. The minimum atomic E-state index is -0.602. The number of carbonyl (C=O) groups is 2. The van der Waals surface area contributed by atoms with E-state index in [4.69, 9.17) is 0 Å². The molecule has 1 saturated heterocycles. The summed E-state index contributed by atoms with van der Waals surface area (Å²) in [5, 5.41) is 11.3. The number of alkyl halides is 1. The Hall–Kier alpha value is -1.99. The van der Waals surface area contributed by atoms with Gasteiger partial charge in [0.05, 0.1) is 13.1 Å². The van der Waals surface area contributed by atoms with Crippen LogP contribution in [0.2, 0.25) is 0 Å². The molecular weight excluding hydrogens is 337 g/mol. The van der Waals surface area contributed by atoms with E-state index >= 15 is 0 Å². The highest BCUT2D eigenvalue weighted by molar-refractivity contribution is 5.91. The highest BCUT2D eigenvalue weighted by atomic mass is 19.1. The molecule has 1 atom stereocenters. The maximum absolute atomic E-state index is 12.5. The molecule has 3 heterocycles. The van der Waals surface area contributed by atoms with Gasteiger partial charge in [0, 0.05) is 31.6 Å². The molecule has 1 aromatic rings. The number of nitrogens with one attached hydrogen (secondary N) is 1. The van der Waals surface area contributed by atoms with Gasteiger partial charge < -0.3 is 14.8 Å². The molecule has 0 aromatic carbocycles. The van der Waals surface area contributed by atoms with E-state index in [2.05, 4.69) is 15.5 Å². The Morgan fingerprint density at radius 1 is 1.19 bits per heavy atom. The normalized spacial score (nSPS) is 23.0. The van der Waals surface area contributed by atoms with Crippen LogP contribution in [-0.4, -0.2) is 56.8 Å². The molecule has 144 valence electrons. The second kappa shape index (κ2) is 6.96. The van der Waals surface area contributed by atoms with Gasteiger partial charge in [0.2, 0.25) is 11.7 Å². The van der Waals surface area contributed by atoms with Gasteiger partial charge in [-0.15, -0.1) is 10.2 Å². The zero-order chi connectivity index (χ0) is 18.9. The van der Waals surface area contributed by atoms with Crippen LogP contribution in [0.25, 0.3) is 0 Å². The third-order valence-corrected chi connectivity index (χ3v) is 5.36. The number of aromatic nitrogens is 3. The minimum absolute atomic E-state index is 0.0291. The lowest BCUT2D eigenvalue weighted by atomic mass is 9.80. The molecule has 1 unspecified atom stereocenters. The van der Waals surface area contributed by atoms with Crippen LogP contribution in [0.5, 0.6) is 0 Å². The highest BCUT2D eigenvalue weighted by Crippen LogP contribution is 2.41. The van der Waals surface area contributed by atoms with Crippen molar-refractivity contribution in [2.24, 2.45) is 5.41 Å². The smallest absolute Gasteiger partial charge is 0.289 e. The summed E-state index contributed by atoms with van der Waals surface area (Å²) in [5.74, 6) is 0.876. The number of fused-ring (bicyclic) bond motifs is 1. The van der Waals surface area contributed by atoms with E-state index in [1.165, 1.54) is 0 Å². The number of amides is 2. The Morgan fingerprint density at radius 2 is 1.92 bits per heavy atom. The summed E-state index contributed by atoms with van der Waals surface area (Å²) in [6.07, 6.45) is 3.41. The maximum Gasteiger partial charge on any atom is 0.289 e. The van der Waals surface area contributed by atoms with Crippen LogP contribution in [0, 0.1) is 5.41 Å². The zero-order valence-corrected chi connectivity index (χ0v) is 15.8. The molecule has 0 radical (unpaired) electrons. The Bertz CT molecular complexity index is 696. The molecule has 1 spiro atoms. The average molecular weight is 365 g/mol. The van der Waals surface area contributed by atoms with Gasteiger partial charge in [-0.25, -0.2) is 0 Å². The second-order valence-electron chi connectivity index (χ2n) is 8.55. The van der Waals surface area contributed by atoms with Gasteiger partial charge in [0.1, 0.15) is 5.82 Å². The number of nitrogens with zero attached hydrogens (tertiary/aromatic N) is 4. The quantitative estimate of drug-likeness (QED) is 0.884. The van der Waals surface area contributed by atoms with E-state index < -0.39 is 6.67 Å². The number of hydrogen-bond acceptors (Lipinski definition) is 4. The molecule has 0 bridgehead atoms. The first-order valence-corrected chi connectivity index (χ1v) is 9.31. The van der Waals surface area contributed by atoms with Crippen LogP contribution in [0.4, 0.5) is 4.39 Å². The summed E-state index contributed by atoms with van der Waals surface area (Å²) in [7, 11) is 0. The van der Waals surface area contributed by atoms with Crippen molar-refractivity contribution in [1.29, 1.82) is 0 Å². The van der Waals surface area contributed by atoms with Gasteiger partial charge in [-0.05, 0) is 45.4 Å². The fourth-order valence-corrected chi connectivity index (χ4v) is 3.97. The lowest BCUT2D eigenvalue weighted by molar-refractivity contribution is -0.130. The molecule has 7 nitrogen and oxygen atoms in total. The van der Waals surface area contributed by atoms with Gasteiger partial charge in [-0.3, -0.25) is 14.0 Å². The van der Waals surface area contributed by atoms with Crippen molar-refractivity contribution in [3.63, 3.8) is 0 Å². The van der Waals surface area contributed by atoms with E-state index in [-0.39, 0.29) is 29.2 Å². The lowest BCUT2D eigenvalue weighted by Crippen LogP contribution is -2.41. The summed E-state index contributed by atoms with van der Waals surface area (Å²) in [6, 6.07) is 0. The first-order valence-electron chi connectivity index (χ1n) is 9.31. The summed E-state index contributed by atoms with van der Waals surface area (Å²) in [5.41, 5.74) is -0.303. The van der Waals surface area contributed by atoms with Crippen molar-refractivity contribution in [2.75, 3.05) is 19.8 Å². The van der Waals surface area contributed by atoms with Crippen LogP contribution in [0.3, 0.4) is 0 Å². The maximum atomic E-state index is 12.5. The Morgan fingerprint density at radius 3 is 2.62 bits per heavy atom. The van der Waals surface area contributed by atoms with Crippen molar-refractivity contribution in [2.45, 2.75) is 65.0 Å². The zero-order valence-electron chi connectivity index (χ0n) is 15.8. The van der Waals surface area contributed by atoms with E-state index in [0.717, 1.165) is 31.5 Å². The molecule has 3 rings (SSSR count). The van der Waals surface area contributed by atoms with E-state index in [0.29, 0.717) is 25.5 Å².